The Morgan fingerprint density at radius 3 is 2.41 bits per heavy atom. The number of aromatic nitrogens is 1. The van der Waals surface area contributed by atoms with Crippen molar-refractivity contribution in [3.05, 3.63) is 103 Å². The minimum atomic E-state index is -1.02. The molecular formula is C28H17Cl4NO4. The van der Waals surface area contributed by atoms with Crippen LogP contribution in [-0.4, -0.2) is 16.2 Å². The van der Waals surface area contributed by atoms with E-state index in [9.17, 15) is 4.79 Å². The van der Waals surface area contributed by atoms with Gasteiger partial charge >= 0.3 is 5.97 Å². The molecule has 0 bridgehead atoms. The van der Waals surface area contributed by atoms with Gasteiger partial charge in [-0.1, -0.05) is 75.5 Å². The molecule has 37 heavy (non-hydrogen) atoms. The van der Waals surface area contributed by atoms with Crippen LogP contribution in [0, 0.1) is 11.8 Å². The van der Waals surface area contributed by atoms with Crippen LogP contribution >= 0.6 is 46.4 Å². The predicted octanol–water partition coefficient (Wildman–Crippen LogP) is 8.51. The smallest absolute Gasteiger partial charge is 0.335 e. The fraction of sp³-hybridized carbons (Fsp3) is 0.143. The number of carboxylic acids is 1. The topological polar surface area (TPSA) is 72.6 Å². The zero-order valence-corrected chi connectivity index (χ0v) is 22.0. The average molecular weight is 573 g/mol. The van der Waals surface area contributed by atoms with Crippen LogP contribution in [0.3, 0.4) is 0 Å². The van der Waals surface area contributed by atoms with Crippen molar-refractivity contribution in [1.82, 2.24) is 5.16 Å². The number of carboxylic acid groups (broad SMARTS) is 1. The molecule has 5 rings (SSSR count). The van der Waals surface area contributed by atoms with E-state index in [0.717, 1.165) is 24.2 Å². The van der Waals surface area contributed by atoms with Gasteiger partial charge in [0, 0.05) is 28.7 Å². The molecule has 0 radical (unpaired) electrons. The van der Waals surface area contributed by atoms with Crippen molar-refractivity contribution in [2.75, 3.05) is 0 Å². The summed E-state index contributed by atoms with van der Waals surface area (Å²) in [6.07, 6.45) is 2.01. The molecule has 1 heterocycles. The van der Waals surface area contributed by atoms with Crippen molar-refractivity contribution in [1.29, 1.82) is 0 Å². The van der Waals surface area contributed by atoms with Crippen LogP contribution in [0.5, 0.6) is 5.75 Å². The molecule has 3 aromatic carbocycles. The number of ether oxygens (including phenoxy) is 1. The molecule has 1 aliphatic rings. The summed E-state index contributed by atoms with van der Waals surface area (Å²) in [7, 11) is 0. The van der Waals surface area contributed by atoms with E-state index in [0.29, 0.717) is 48.2 Å². The van der Waals surface area contributed by atoms with Crippen LogP contribution in [0.4, 0.5) is 0 Å². The highest BCUT2D eigenvalue weighted by molar-refractivity contribution is 6.39. The number of hydrogen-bond acceptors (Lipinski definition) is 4. The summed E-state index contributed by atoms with van der Waals surface area (Å²) in [4.78, 5) is 11.2. The molecule has 0 saturated heterocycles. The number of carbonyl (C=O) groups is 1. The van der Waals surface area contributed by atoms with Gasteiger partial charge in [-0.3, -0.25) is 0 Å². The lowest BCUT2D eigenvalue weighted by Gasteiger charge is -2.11. The lowest BCUT2D eigenvalue weighted by molar-refractivity contribution is 0.0697. The van der Waals surface area contributed by atoms with E-state index in [-0.39, 0.29) is 18.1 Å². The molecule has 0 aliphatic heterocycles. The lowest BCUT2D eigenvalue weighted by Crippen LogP contribution is -2.00. The SMILES string of the molecule is O=C(O)c1cccc(C#Cc2cc(Cl)c(OCc3c(-c4c(Cl)cccc4Cl)noc3C3CC3)cc2Cl)c1. The Labute approximate surface area is 232 Å². The van der Waals surface area contributed by atoms with Gasteiger partial charge in [-0.25, -0.2) is 4.79 Å². The first-order valence-electron chi connectivity index (χ1n) is 11.2. The third kappa shape index (κ3) is 5.58. The summed E-state index contributed by atoms with van der Waals surface area (Å²) >= 11 is 25.8. The Morgan fingerprint density at radius 2 is 1.70 bits per heavy atom. The maximum absolute atomic E-state index is 11.2. The Kier molecular flexibility index (Phi) is 7.37. The summed E-state index contributed by atoms with van der Waals surface area (Å²) in [5.41, 5.74) is 3.04. The molecule has 1 N–H and O–H groups in total. The minimum absolute atomic E-state index is 0.120. The molecule has 5 nitrogen and oxygen atoms in total. The summed E-state index contributed by atoms with van der Waals surface area (Å²) < 4.78 is 11.7. The molecule has 1 aliphatic carbocycles. The van der Waals surface area contributed by atoms with Crippen LogP contribution in [0.25, 0.3) is 11.3 Å². The fourth-order valence-electron chi connectivity index (χ4n) is 3.80. The predicted molar refractivity (Wildman–Crippen MR) is 144 cm³/mol. The maximum Gasteiger partial charge on any atom is 0.335 e. The monoisotopic (exact) mass is 571 g/mol. The van der Waals surface area contributed by atoms with Crippen molar-refractivity contribution < 1.29 is 19.2 Å². The van der Waals surface area contributed by atoms with E-state index in [1.54, 1.807) is 42.5 Å². The lowest BCUT2D eigenvalue weighted by atomic mass is 10.0. The van der Waals surface area contributed by atoms with Gasteiger partial charge in [0.15, 0.2) is 0 Å². The molecule has 0 unspecified atom stereocenters. The van der Waals surface area contributed by atoms with Crippen molar-refractivity contribution >= 4 is 52.4 Å². The number of hydrogen-bond donors (Lipinski definition) is 1. The van der Waals surface area contributed by atoms with Gasteiger partial charge in [-0.15, -0.1) is 0 Å². The zero-order chi connectivity index (χ0) is 26.1. The van der Waals surface area contributed by atoms with Crippen LogP contribution < -0.4 is 4.74 Å². The summed E-state index contributed by atoms with van der Waals surface area (Å²) in [5.74, 6) is 6.22. The Hall–Kier alpha value is -3.14. The van der Waals surface area contributed by atoms with Crippen LogP contribution in [0.1, 0.15) is 51.6 Å². The van der Waals surface area contributed by atoms with Gasteiger partial charge in [0.05, 0.1) is 31.2 Å². The van der Waals surface area contributed by atoms with E-state index in [2.05, 4.69) is 17.0 Å². The second kappa shape index (κ2) is 10.7. The zero-order valence-electron chi connectivity index (χ0n) is 19.0. The molecule has 1 fully saturated rings. The highest BCUT2D eigenvalue weighted by Gasteiger charge is 2.33. The Balaban J connectivity index is 1.41. The van der Waals surface area contributed by atoms with Crippen molar-refractivity contribution in [3.8, 4) is 28.8 Å². The van der Waals surface area contributed by atoms with Crippen molar-refractivity contribution in [2.45, 2.75) is 25.4 Å². The number of halogens is 4. The first-order valence-corrected chi connectivity index (χ1v) is 12.7. The highest BCUT2D eigenvalue weighted by Crippen LogP contribution is 2.46. The second-order valence-corrected chi connectivity index (χ2v) is 10.1. The van der Waals surface area contributed by atoms with Gasteiger partial charge in [0.25, 0.3) is 0 Å². The number of rotatable bonds is 6. The van der Waals surface area contributed by atoms with E-state index >= 15 is 0 Å². The molecule has 1 saturated carbocycles. The largest absolute Gasteiger partial charge is 0.487 e. The molecule has 0 amide bonds. The standard InChI is InChI=1S/C28H17Cl4NO4/c29-20-5-2-6-21(30)25(20)26-19(27(37-33-26)16-9-10-16)14-36-24-13-22(31)17(12-23(24)32)8-7-15-3-1-4-18(11-15)28(34)35/h1-6,11-13,16H,9-10,14H2,(H,34,35). The molecule has 9 heteroatoms. The Bertz CT molecular complexity index is 1560. The van der Waals surface area contributed by atoms with E-state index in [4.69, 9.17) is 60.8 Å². The number of nitrogens with zero attached hydrogens (tertiary/aromatic N) is 1. The van der Waals surface area contributed by atoms with Crippen molar-refractivity contribution in [2.24, 2.45) is 0 Å². The molecule has 0 atom stereocenters. The summed E-state index contributed by atoms with van der Waals surface area (Å²) in [5, 5.41) is 15.0. The van der Waals surface area contributed by atoms with Crippen LogP contribution in [0.15, 0.2) is 59.1 Å². The van der Waals surface area contributed by atoms with Gasteiger partial charge in [0.1, 0.15) is 23.8 Å². The normalized spacial score (nSPS) is 12.6. The van der Waals surface area contributed by atoms with Gasteiger partial charge in [0.2, 0.25) is 0 Å². The molecular weight excluding hydrogens is 556 g/mol. The van der Waals surface area contributed by atoms with E-state index < -0.39 is 5.97 Å². The van der Waals surface area contributed by atoms with E-state index in [1.807, 2.05) is 0 Å². The summed E-state index contributed by atoms with van der Waals surface area (Å²) in [6.45, 7) is 0.120. The first kappa shape index (κ1) is 25.5. The second-order valence-electron chi connectivity index (χ2n) is 8.43. The van der Waals surface area contributed by atoms with Gasteiger partial charge in [-0.2, -0.15) is 0 Å². The fourth-order valence-corrected chi connectivity index (χ4v) is 4.80. The average Bonchev–Trinajstić information content (AvgIpc) is 3.64. The van der Waals surface area contributed by atoms with E-state index in [1.165, 1.54) is 12.1 Å². The van der Waals surface area contributed by atoms with Gasteiger partial charge in [-0.05, 0) is 49.2 Å². The molecule has 186 valence electrons. The number of benzene rings is 3. The minimum Gasteiger partial charge on any atom is -0.487 e. The molecule has 4 aromatic rings. The summed E-state index contributed by atoms with van der Waals surface area (Å²) in [6, 6.07) is 14.8. The van der Waals surface area contributed by atoms with Crippen molar-refractivity contribution in [3.63, 3.8) is 0 Å². The molecule has 1 aromatic heterocycles. The third-order valence-electron chi connectivity index (χ3n) is 5.81. The first-order chi connectivity index (χ1) is 17.8. The van der Waals surface area contributed by atoms with Crippen LogP contribution in [-0.2, 0) is 6.61 Å². The highest BCUT2D eigenvalue weighted by atomic mass is 35.5. The third-order valence-corrected chi connectivity index (χ3v) is 7.05. The van der Waals surface area contributed by atoms with Gasteiger partial charge < -0.3 is 14.4 Å². The maximum atomic E-state index is 11.2. The van der Waals surface area contributed by atoms with Crippen LogP contribution in [0.2, 0.25) is 20.1 Å². The molecule has 0 spiro atoms. The Morgan fingerprint density at radius 1 is 0.973 bits per heavy atom. The number of aromatic carboxylic acids is 1. The quantitative estimate of drug-likeness (QED) is 0.234.